The van der Waals surface area contributed by atoms with Crippen LogP contribution in [0.1, 0.15) is 39.9 Å². The first-order valence-electron chi connectivity index (χ1n) is 9.08. The number of ketones is 1. The number of carbonyl (C=O) groups excluding carboxylic acids is 1. The molecular formula is C22H26FNO. The summed E-state index contributed by atoms with van der Waals surface area (Å²) in [6.07, 6.45) is 3.19. The number of halogens is 1. The van der Waals surface area contributed by atoms with Gasteiger partial charge in [-0.3, -0.25) is 9.69 Å². The molecule has 0 unspecified atom stereocenters. The van der Waals surface area contributed by atoms with Crippen LogP contribution in [0.2, 0.25) is 0 Å². The molecule has 3 heteroatoms. The molecule has 0 spiro atoms. The van der Waals surface area contributed by atoms with Crippen molar-refractivity contribution >= 4 is 5.78 Å². The van der Waals surface area contributed by atoms with E-state index in [2.05, 4.69) is 11.8 Å². The van der Waals surface area contributed by atoms with Crippen LogP contribution >= 0.6 is 0 Å². The molecular weight excluding hydrogens is 313 g/mol. The average molecular weight is 339 g/mol. The molecule has 2 nitrogen and oxygen atoms in total. The minimum Gasteiger partial charge on any atom is -0.296 e. The van der Waals surface area contributed by atoms with Crippen molar-refractivity contribution in [1.29, 1.82) is 0 Å². The third-order valence-electron chi connectivity index (χ3n) is 5.34. The molecule has 0 amide bonds. The molecule has 0 N–H and O–H groups in total. The summed E-state index contributed by atoms with van der Waals surface area (Å²) in [6, 6.07) is 12.8. The van der Waals surface area contributed by atoms with E-state index in [1.54, 1.807) is 0 Å². The van der Waals surface area contributed by atoms with Crippen LogP contribution in [0.15, 0.2) is 42.5 Å². The van der Waals surface area contributed by atoms with Gasteiger partial charge in [0.05, 0.1) is 6.54 Å². The van der Waals surface area contributed by atoms with Crippen LogP contribution in [0.4, 0.5) is 4.39 Å². The minimum absolute atomic E-state index is 0.177. The maximum Gasteiger partial charge on any atom is 0.176 e. The maximum absolute atomic E-state index is 13.0. The minimum atomic E-state index is -0.177. The lowest BCUT2D eigenvalue weighted by Crippen LogP contribution is -2.37. The van der Waals surface area contributed by atoms with E-state index in [1.807, 2.05) is 37.3 Å². The zero-order chi connectivity index (χ0) is 17.8. The lowest BCUT2D eigenvalue weighted by molar-refractivity contribution is 0.0895. The Balaban J connectivity index is 1.49. The van der Waals surface area contributed by atoms with Crippen molar-refractivity contribution in [3.63, 3.8) is 0 Å². The molecule has 2 aromatic rings. The highest BCUT2D eigenvalue weighted by Gasteiger charge is 2.21. The molecule has 132 valence electrons. The van der Waals surface area contributed by atoms with Crippen molar-refractivity contribution < 1.29 is 9.18 Å². The zero-order valence-electron chi connectivity index (χ0n) is 15.1. The first kappa shape index (κ1) is 17.8. The second-order valence-corrected chi connectivity index (χ2v) is 7.27. The maximum atomic E-state index is 13.0. The Bertz CT molecular complexity index is 730. The smallest absolute Gasteiger partial charge is 0.176 e. The van der Waals surface area contributed by atoms with Gasteiger partial charge in [0.1, 0.15) is 5.82 Å². The molecule has 1 aliphatic rings. The fourth-order valence-corrected chi connectivity index (χ4v) is 3.51. The summed E-state index contributed by atoms with van der Waals surface area (Å²) < 4.78 is 13.0. The molecule has 0 saturated carbocycles. The van der Waals surface area contributed by atoms with Gasteiger partial charge in [-0.15, -0.1) is 0 Å². The largest absolute Gasteiger partial charge is 0.296 e. The molecule has 0 bridgehead atoms. The molecule has 3 rings (SSSR count). The van der Waals surface area contributed by atoms with E-state index in [0.717, 1.165) is 37.9 Å². The van der Waals surface area contributed by atoms with Gasteiger partial charge in [-0.05, 0) is 87.0 Å². The van der Waals surface area contributed by atoms with Crippen molar-refractivity contribution in [2.45, 2.75) is 33.1 Å². The van der Waals surface area contributed by atoms with Crippen molar-refractivity contribution in [3.05, 3.63) is 70.5 Å². The van der Waals surface area contributed by atoms with Gasteiger partial charge in [0.25, 0.3) is 0 Å². The zero-order valence-corrected chi connectivity index (χ0v) is 15.1. The SMILES string of the molecule is Cc1ccc(C(=O)CN2CCC(Cc3ccc(F)cc3)CC2)cc1C. The molecule has 0 aromatic heterocycles. The van der Waals surface area contributed by atoms with E-state index >= 15 is 0 Å². The quantitative estimate of drug-likeness (QED) is 0.743. The Kier molecular flexibility index (Phi) is 5.64. The normalized spacial score (nSPS) is 16.1. The highest BCUT2D eigenvalue weighted by molar-refractivity contribution is 5.97. The summed E-state index contributed by atoms with van der Waals surface area (Å²) in [6.45, 7) is 6.54. The van der Waals surface area contributed by atoms with Crippen LogP contribution in [0.5, 0.6) is 0 Å². The molecule has 1 heterocycles. The highest BCUT2D eigenvalue weighted by atomic mass is 19.1. The van der Waals surface area contributed by atoms with E-state index in [-0.39, 0.29) is 11.6 Å². The number of benzene rings is 2. The van der Waals surface area contributed by atoms with Gasteiger partial charge >= 0.3 is 0 Å². The lowest BCUT2D eigenvalue weighted by atomic mass is 9.90. The topological polar surface area (TPSA) is 20.3 Å². The summed E-state index contributed by atoms with van der Waals surface area (Å²) >= 11 is 0. The van der Waals surface area contributed by atoms with E-state index in [4.69, 9.17) is 0 Å². The Labute approximate surface area is 149 Å². The number of carbonyl (C=O) groups is 1. The van der Waals surface area contributed by atoms with Crippen LogP contribution < -0.4 is 0 Å². The van der Waals surface area contributed by atoms with E-state index in [0.29, 0.717) is 12.5 Å². The Morgan fingerprint density at radius 1 is 1.04 bits per heavy atom. The fourth-order valence-electron chi connectivity index (χ4n) is 3.51. The first-order valence-corrected chi connectivity index (χ1v) is 9.08. The highest BCUT2D eigenvalue weighted by Crippen LogP contribution is 2.22. The number of hydrogen-bond donors (Lipinski definition) is 0. The Morgan fingerprint density at radius 3 is 2.36 bits per heavy atom. The van der Waals surface area contributed by atoms with E-state index < -0.39 is 0 Å². The molecule has 25 heavy (non-hydrogen) atoms. The molecule has 1 aliphatic heterocycles. The molecule has 1 saturated heterocycles. The van der Waals surface area contributed by atoms with Crippen LogP contribution in [-0.4, -0.2) is 30.3 Å². The summed E-state index contributed by atoms with van der Waals surface area (Å²) in [5.41, 5.74) is 4.41. The van der Waals surface area contributed by atoms with Gasteiger partial charge in [-0.2, -0.15) is 0 Å². The predicted molar refractivity (Wildman–Crippen MR) is 99.5 cm³/mol. The lowest BCUT2D eigenvalue weighted by Gasteiger charge is -2.31. The molecule has 2 aromatic carbocycles. The second-order valence-electron chi connectivity index (χ2n) is 7.27. The van der Waals surface area contributed by atoms with Gasteiger partial charge in [0, 0.05) is 5.56 Å². The molecule has 0 radical (unpaired) electrons. The standard InChI is InChI=1S/C22H26FNO/c1-16-3-6-20(13-17(16)2)22(25)15-24-11-9-19(10-12-24)14-18-4-7-21(23)8-5-18/h3-8,13,19H,9-12,14-15H2,1-2H3. The van der Waals surface area contributed by atoms with Crippen LogP contribution in [0.3, 0.4) is 0 Å². The number of Topliss-reactive ketones (excluding diaryl/α,β-unsaturated/α-hetero) is 1. The fraction of sp³-hybridized carbons (Fsp3) is 0.409. The molecule has 0 atom stereocenters. The van der Waals surface area contributed by atoms with Gasteiger partial charge in [0.15, 0.2) is 5.78 Å². The van der Waals surface area contributed by atoms with Crippen LogP contribution in [-0.2, 0) is 6.42 Å². The number of nitrogens with zero attached hydrogens (tertiary/aromatic N) is 1. The predicted octanol–water partition coefficient (Wildman–Crippen LogP) is 4.58. The van der Waals surface area contributed by atoms with Gasteiger partial charge in [-0.25, -0.2) is 4.39 Å². The summed E-state index contributed by atoms with van der Waals surface area (Å²) in [5.74, 6) is 0.655. The van der Waals surface area contributed by atoms with Crippen LogP contribution in [0, 0.1) is 25.6 Å². The van der Waals surface area contributed by atoms with Crippen molar-refractivity contribution in [3.8, 4) is 0 Å². The Morgan fingerprint density at radius 2 is 1.72 bits per heavy atom. The summed E-state index contributed by atoms with van der Waals surface area (Å²) in [4.78, 5) is 14.8. The van der Waals surface area contributed by atoms with Crippen molar-refractivity contribution in [2.75, 3.05) is 19.6 Å². The second kappa shape index (κ2) is 7.92. The monoisotopic (exact) mass is 339 g/mol. The van der Waals surface area contributed by atoms with Gasteiger partial charge < -0.3 is 0 Å². The van der Waals surface area contributed by atoms with Gasteiger partial charge in [0.2, 0.25) is 0 Å². The van der Waals surface area contributed by atoms with E-state index in [9.17, 15) is 9.18 Å². The van der Waals surface area contributed by atoms with Gasteiger partial charge in [-0.1, -0.05) is 24.3 Å². The third kappa shape index (κ3) is 4.76. The first-order chi connectivity index (χ1) is 12.0. The van der Waals surface area contributed by atoms with Crippen LogP contribution in [0.25, 0.3) is 0 Å². The number of rotatable bonds is 5. The molecule has 0 aliphatic carbocycles. The van der Waals surface area contributed by atoms with Crippen molar-refractivity contribution in [1.82, 2.24) is 4.90 Å². The number of likely N-dealkylation sites (tertiary alicyclic amines) is 1. The summed E-state index contributed by atoms with van der Waals surface area (Å²) in [7, 11) is 0. The van der Waals surface area contributed by atoms with Crippen molar-refractivity contribution in [2.24, 2.45) is 5.92 Å². The summed E-state index contributed by atoms with van der Waals surface area (Å²) in [5, 5.41) is 0. The number of aryl methyl sites for hydroxylation is 2. The van der Waals surface area contributed by atoms with E-state index in [1.165, 1.54) is 28.8 Å². The number of piperidine rings is 1. The number of hydrogen-bond acceptors (Lipinski definition) is 2. The average Bonchev–Trinajstić information content (AvgIpc) is 2.61. The third-order valence-corrected chi connectivity index (χ3v) is 5.34. The molecule has 1 fully saturated rings. The Hall–Kier alpha value is -2.00.